The predicted octanol–water partition coefficient (Wildman–Crippen LogP) is 2.69. The summed E-state index contributed by atoms with van der Waals surface area (Å²) in [5.74, 6) is 2.91. The first kappa shape index (κ1) is 12.2. The van der Waals surface area contributed by atoms with Gasteiger partial charge in [-0.3, -0.25) is 0 Å². The van der Waals surface area contributed by atoms with Crippen LogP contribution in [0.1, 0.15) is 19.3 Å². The highest BCUT2D eigenvalue weighted by atomic mass is 32.2. The molecule has 1 atom stereocenters. The maximum absolute atomic E-state index is 5.60. The van der Waals surface area contributed by atoms with Gasteiger partial charge in [0.15, 0.2) is 11.5 Å². The molecule has 1 N–H and O–H groups in total. The van der Waals surface area contributed by atoms with Crippen molar-refractivity contribution < 1.29 is 9.47 Å². The highest BCUT2D eigenvalue weighted by Crippen LogP contribution is 2.34. The summed E-state index contributed by atoms with van der Waals surface area (Å²) in [5, 5.41) is 3.57. The lowest BCUT2D eigenvalue weighted by atomic mass is 10.1. The summed E-state index contributed by atoms with van der Waals surface area (Å²) < 4.78 is 11.1. The van der Waals surface area contributed by atoms with E-state index < -0.39 is 0 Å². The molecule has 0 spiro atoms. The molecule has 2 heterocycles. The number of fused-ring (bicyclic) bond motifs is 1. The van der Waals surface area contributed by atoms with Crippen LogP contribution in [-0.4, -0.2) is 31.6 Å². The number of thioether (sulfide) groups is 1. The van der Waals surface area contributed by atoms with E-state index in [9.17, 15) is 0 Å². The number of hydrogen-bond donors (Lipinski definition) is 1. The molecule has 3 rings (SSSR count). The van der Waals surface area contributed by atoms with Gasteiger partial charge in [0.25, 0.3) is 0 Å². The second kappa shape index (κ2) is 5.85. The molecule has 0 radical (unpaired) electrons. The average Bonchev–Trinajstić information content (AvgIpc) is 2.46. The van der Waals surface area contributed by atoms with Crippen molar-refractivity contribution in [1.82, 2.24) is 5.32 Å². The monoisotopic (exact) mass is 265 g/mol. The van der Waals surface area contributed by atoms with E-state index in [1.54, 1.807) is 0 Å². The van der Waals surface area contributed by atoms with Gasteiger partial charge in [0.1, 0.15) is 13.2 Å². The Kier molecular flexibility index (Phi) is 3.96. The van der Waals surface area contributed by atoms with E-state index in [-0.39, 0.29) is 0 Å². The van der Waals surface area contributed by atoms with Gasteiger partial charge < -0.3 is 14.8 Å². The second-order valence-corrected chi connectivity index (χ2v) is 5.86. The van der Waals surface area contributed by atoms with Gasteiger partial charge in [0.2, 0.25) is 0 Å². The van der Waals surface area contributed by atoms with E-state index in [1.807, 2.05) is 17.8 Å². The van der Waals surface area contributed by atoms with E-state index in [2.05, 4.69) is 17.4 Å². The van der Waals surface area contributed by atoms with Gasteiger partial charge in [-0.05, 0) is 37.6 Å². The van der Waals surface area contributed by atoms with E-state index >= 15 is 0 Å². The van der Waals surface area contributed by atoms with Crippen molar-refractivity contribution in [3.8, 4) is 11.5 Å². The predicted molar refractivity (Wildman–Crippen MR) is 73.8 cm³/mol. The molecule has 1 fully saturated rings. The van der Waals surface area contributed by atoms with Crippen molar-refractivity contribution in [2.75, 3.05) is 25.5 Å². The largest absolute Gasteiger partial charge is 0.486 e. The third-order valence-corrected chi connectivity index (χ3v) is 4.53. The summed E-state index contributed by atoms with van der Waals surface area (Å²) in [4.78, 5) is 1.27. The molecular weight excluding hydrogens is 246 g/mol. The van der Waals surface area contributed by atoms with Crippen molar-refractivity contribution in [2.24, 2.45) is 0 Å². The van der Waals surface area contributed by atoms with E-state index in [4.69, 9.17) is 9.47 Å². The highest BCUT2D eigenvalue weighted by Gasteiger charge is 2.15. The van der Waals surface area contributed by atoms with Crippen LogP contribution in [0.4, 0.5) is 0 Å². The van der Waals surface area contributed by atoms with Crippen molar-refractivity contribution in [2.45, 2.75) is 30.2 Å². The van der Waals surface area contributed by atoms with E-state index in [0.29, 0.717) is 19.3 Å². The normalized spacial score (nSPS) is 22.8. The standard InChI is InChI=1S/C14H19NO2S/c1-2-6-15-11(3-1)10-18-12-4-5-13-14(9-12)17-8-7-16-13/h4-5,9,11,15H,1-3,6-8,10H2. The molecule has 1 saturated heterocycles. The zero-order valence-corrected chi connectivity index (χ0v) is 11.3. The maximum atomic E-state index is 5.60. The van der Waals surface area contributed by atoms with Gasteiger partial charge in [-0.2, -0.15) is 0 Å². The molecule has 0 aliphatic carbocycles. The average molecular weight is 265 g/mol. The van der Waals surface area contributed by atoms with Gasteiger partial charge >= 0.3 is 0 Å². The van der Waals surface area contributed by atoms with Gasteiger partial charge in [-0.1, -0.05) is 6.42 Å². The Morgan fingerprint density at radius 2 is 2.06 bits per heavy atom. The van der Waals surface area contributed by atoms with E-state index in [1.165, 1.54) is 30.7 Å². The number of benzene rings is 1. The van der Waals surface area contributed by atoms with Crippen LogP contribution in [0.5, 0.6) is 11.5 Å². The lowest BCUT2D eigenvalue weighted by Crippen LogP contribution is -2.35. The van der Waals surface area contributed by atoms with Crippen LogP contribution in [0, 0.1) is 0 Å². The van der Waals surface area contributed by atoms with Crippen LogP contribution in [-0.2, 0) is 0 Å². The summed E-state index contributed by atoms with van der Waals surface area (Å²) in [6.07, 6.45) is 3.99. The van der Waals surface area contributed by atoms with Crippen molar-refractivity contribution in [3.05, 3.63) is 18.2 Å². The fraction of sp³-hybridized carbons (Fsp3) is 0.571. The Morgan fingerprint density at radius 3 is 2.89 bits per heavy atom. The number of hydrogen-bond acceptors (Lipinski definition) is 4. The first-order valence-electron chi connectivity index (χ1n) is 6.68. The molecule has 1 unspecified atom stereocenters. The summed E-state index contributed by atoms with van der Waals surface area (Å²) in [7, 11) is 0. The Hall–Kier alpha value is -0.870. The molecule has 0 bridgehead atoms. The first-order chi connectivity index (χ1) is 8.92. The molecule has 0 amide bonds. The molecule has 18 heavy (non-hydrogen) atoms. The zero-order chi connectivity index (χ0) is 12.2. The number of rotatable bonds is 3. The number of piperidine rings is 1. The molecule has 0 aromatic heterocycles. The minimum absolute atomic E-state index is 0.658. The van der Waals surface area contributed by atoms with Gasteiger partial charge in [0.05, 0.1) is 0 Å². The van der Waals surface area contributed by atoms with Crippen LogP contribution in [0.3, 0.4) is 0 Å². The molecule has 4 heteroatoms. The third kappa shape index (κ3) is 2.93. The van der Waals surface area contributed by atoms with Crippen LogP contribution >= 0.6 is 11.8 Å². The smallest absolute Gasteiger partial charge is 0.162 e. The van der Waals surface area contributed by atoms with Crippen molar-refractivity contribution in [1.29, 1.82) is 0 Å². The molecule has 0 saturated carbocycles. The minimum Gasteiger partial charge on any atom is -0.486 e. The Bertz CT molecular complexity index is 405. The van der Waals surface area contributed by atoms with Crippen LogP contribution in [0.2, 0.25) is 0 Å². The Balaban J connectivity index is 1.58. The quantitative estimate of drug-likeness (QED) is 0.851. The lowest BCUT2D eigenvalue weighted by molar-refractivity contribution is 0.171. The van der Waals surface area contributed by atoms with Crippen molar-refractivity contribution in [3.63, 3.8) is 0 Å². The molecule has 2 aliphatic rings. The van der Waals surface area contributed by atoms with Gasteiger partial charge in [-0.15, -0.1) is 11.8 Å². The third-order valence-electron chi connectivity index (χ3n) is 3.38. The van der Waals surface area contributed by atoms with Crippen LogP contribution in [0.25, 0.3) is 0 Å². The van der Waals surface area contributed by atoms with Crippen LogP contribution in [0.15, 0.2) is 23.1 Å². The zero-order valence-electron chi connectivity index (χ0n) is 10.5. The Morgan fingerprint density at radius 1 is 1.17 bits per heavy atom. The SMILES string of the molecule is c1cc2c(cc1SCC1CCCCN1)OCCO2. The Labute approximate surface area is 112 Å². The minimum atomic E-state index is 0.658. The number of ether oxygens (including phenoxy) is 2. The molecule has 3 nitrogen and oxygen atoms in total. The molecular formula is C14H19NO2S. The summed E-state index contributed by atoms with van der Waals surface area (Å²) in [6, 6.07) is 6.91. The van der Waals surface area contributed by atoms with Gasteiger partial charge in [-0.25, -0.2) is 0 Å². The molecule has 1 aromatic carbocycles. The summed E-state index contributed by atoms with van der Waals surface area (Å²) >= 11 is 1.90. The first-order valence-corrected chi connectivity index (χ1v) is 7.66. The fourth-order valence-corrected chi connectivity index (χ4v) is 3.41. The van der Waals surface area contributed by atoms with Gasteiger partial charge in [0, 0.05) is 16.7 Å². The number of nitrogens with one attached hydrogen (secondary N) is 1. The summed E-state index contributed by atoms with van der Waals surface area (Å²) in [5.41, 5.74) is 0. The molecule has 2 aliphatic heterocycles. The van der Waals surface area contributed by atoms with E-state index in [0.717, 1.165) is 17.3 Å². The van der Waals surface area contributed by atoms with Crippen LogP contribution < -0.4 is 14.8 Å². The summed E-state index contributed by atoms with van der Waals surface area (Å²) in [6.45, 7) is 2.49. The highest BCUT2D eigenvalue weighted by molar-refractivity contribution is 7.99. The van der Waals surface area contributed by atoms with Crippen molar-refractivity contribution >= 4 is 11.8 Å². The topological polar surface area (TPSA) is 30.5 Å². The maximum Gasteiger partial charge on any atom is 0.162 e. The second-order valence-electron chi connectivity index (χ2n) is 4.76. The molecule has 98 valence electrons. The lowest BCUT2D eigenvalue weighted by Gasteiger charge is -2.23. The molecule has 1 aromatic rings. The fourth-order valence-electron chi connectivity index (χ4n) is 2.38.